The fourth-order valence-corrected chi connectivity index (χ4v) is 5.52. The molecule has 0 radical (unpaired) electrons. The number of aromatic hydroxyl groups is 4. The van der Waals surface area contributed by atoms with Gasteiger partial charge in [0.25, 0.3) is 0 Å². The van der Waals surface area contributed by atoms with Gasteiger partial charge in [-0.15, -0.1) is 0 Å². The summed E-state index contributed by atoms with van der Waals surface area (Å²) in [6, 6.07) is 7.85. The Morgan fingerprint density at radius 2 is 0.600 bits per heavy atom. The fourth-order valence-electron chi connectivity index (χ4n) is 5.52. The van der Waals surface area contributed by atoms with Crippen molar-refractivity contribution in [1.29, 1.82) is 0 Å². The van der Waals surface area contributed by atoms with Crippen molar-refractivity contribution in [3.8, 4) is 45.3 Å². The van der Waals surface area contributed by atoms with Gasteiger partial charge in [0.2, 0.25) is 0 Å². The van der Waals surface area contributed by atoms with Crippen molar-refractivity contribution >= 4 is 0 Å². The molecule has 0 aromatic heterocycles. The molecule has 4 nitrogen and oxygen atoms in total. The van der Waals surface area contributed by atoms with E-state index < -0.39 is 0 Å². The zero-order valence-corrected chi connectivity index (χ0v) is 27.1. The Morgan fingerprint density at radius 1 is 0.375 bits per heavy atom. The van der Waals surface area contributed by atoms with E-state index in [0.29, 0.717) is 16.7 Å². The van der Waals surface area contributed by atoms with E-state index in [4.69, 9.17) is 0 Å². The summed E-state index contributed by atoms with van der Waals surface area (Å²) in [6.07, 6.45) is 0. The first-order valence-electron chi connectivity index (χ1n) is 14.2. The predicted molar refractivity (Wildman–Crippen MR) is 168 cm³/mol. The first kappa shape index (κ1) is 31.4. The van der Waals surface area contributed by atoms with E-state index in [0.717, 1.165) is 38.9 Å². The van der Waals surface area contributed by atoms with Crippen LogP contribution in [0.3, 0.4) is 0 Å². The molecule has 0 heterocycles. The number of phenolic OH excluding ortho intramolecular Hbond substituents is 4. The van der Waals surface area contributed by atoms with Crippen LogP contribution >= 0.6 is 0 Å². The molecule has 3 rings (SSSR count). The molecule has 0 aliphatic carbocycles. The molecule has 0 atom stereocenters. The summed E-state index contributed by atoms with van der Waals surface area (Å²) in [7, 11) is 0. The van der Waals surface area contributed by atoms with Crippen molar-refractivity contribution in [2.24, 2.45) is 0 Å². The lowest BCUT2D eigenvalue weighted by Crippen LogP contribution is -2.17. The lowest BCUT2D eigenvalue weighted by atomic mass is 9.76. The Bertz CT molecular complexity index is 1280. The monoisotopic (exact) mass is 546 g/mol. The molecule has 40 heavy (non-hydrogen) atoms. The van der Waals surface area contributed by atoms with E-state index in [2.05, 4.69) is 83.1 Å². The van der Waals surface area contributed by atoms with Gasteiger partial charge in [0.15, 0.2) is 0 Å². The van der Waals surface area contributed by atoms with Gasteiger partial charge in [0.05, 0.1) is 0 Å². The highest BCUT2D eigenvalue weighted by Gasteiger charge is 2.31. The third kappa shape index (κ3) is 5.55. The SMILES string of the molecule is Cc1c(O)c(-c2cc(C(C)(C)C)c(O)c(C(C)(C)C)c2)c(C)c(-c2cc(C(C)(C)C)c(O)c(C(C)(C)C)c2)c1O. The Balaban J connectivity index is 2.54. The maximum atomic E-state index is 11.5. The molecule has 0 aliphatic heterocycles. The van der Waals surface area contributed by atoms with Crippen LogP contribution in [0.2, 0.25) is 0 Å². The lowest BCUT2D eigenvalue weighted by molar-refractivity contribution is 0.422. The maximum Gasteiger partial charge on any atom is 0.130 e. The number of hydrogen-bond donors (Lipinski definition) is 4. The van der Waals surface area contributed by atoms with Crippen molar-refractivity contribution in [3.05, 3.63) is 57.6 Å². The van der Waals surface area contributed by atoms with Gasteiger partial charge >= 0.3 is 0 Å². The minimum Gasteiger partial charge on any atom is -0.507 e. The largest absolute Gasteiger partial charge is 0.507 e. The fraction of sp³-hybridized carbons (Fsp3) is 0.500. The summed E-state index contributed by atoms with van der Waals surface area (Å²) in [4.78, 5) is 0. The molecule has 0 bridgehead atoms. The Kier molecular flexibility index (Phi) is 7.65. The highest BCUT2D eigenvalue weighted by Crippen LogP contribution is 2.51. The standard InChI is InChI=1S/C36H50O4/c1-19-27(21-15-23(33(3,4)5)31(39)24(16-21)34(6,7)8)29(37)20(2)30(38)28(19)22-17-25(35(9,10)11)32(40)26(18-22)36(12,13)14/h15-18,37-40H,1-14H3. The minimum atomic E-state index is -0.335. The predicted octanol–water partition coefficient (Wildman–Crippen LogP) is 9.65. The van der Waals surface area contributed by atoms with Crippen molar-refractivity contribution in [2.75, 3.05) is 0 Å². The van der Waals surface area contributed by atoms with Gasteiger partial charge in [-0.2, -0.15) is 0 Å². The van der Waals surface area contributed by atoms with E-state index in [1.54, 1.807) is 6.92 Å². The van der Waals surface area contributed by atoms with Crippen LogP contribution in [0, 0.1) is 13.8 Å². The molecule has 0 spiro atoms. The summed E-state index contributed by atoms with van der Waals surface area (Å²) in [5, 5.41) is 45.6. The van der Waals surface area contributed by atoms with Gasteiger partial charge in [-0.05, 0) is 76.5 Å². The smallest absolute Gasteiger partial charge is 0.130 e. The molecule has 3 aromatic rings. The first-order chi connectivity index (χ1) is 17.9. The molecule has 0 saturated carbocycles. The molecule has 4 heteroatoms. The number of benzene rings is 3. The van der Waals surface area contributed by atoms with Gasteiger partial charge in [0.1, 0.15) is 23.0 Å². The van der Waals surface area contributed by atoms with Crippen LogP contribution in [0.1, 0.15) is 116 Å². The molecule has 0 unspecified atom stereocenters. The molecular formula is C36H50O4. The van der Waals surface area contributed by atoms with Crippen LogP contribution in [-0.2, 0) is 21.7 Å². The van der Waals surface area contributed by atoms with Gasteiger partial charge in [-0.3, -0.25) is 0 Å². The molecule has 3 aromatic carbocycles. The van der Waals surface area contributed by atoms with Crippen LogP contribution in [0.15, 0.2) is 24.3 Å². The normalized spacial score (nSPS) is 13.2. The Hall–Kier alpha value is -3.14. The molecular weight excluding hydrogens is 496 g/mol. The third-order valence-electron chi connectivity index (χ3n) is 7.96. The highest BCUT2D eigenvalue weighted by atomic mass is 16.3. The van der Waals surface area contributed by atoms with Gasteiger partial charge in [0, 0.05) is 38.9 Å². The van der Waals surface area contributed by atoms with Crippen molar-refractivity contribution in [2.45, 2.75) is 119 Å². The van der Waals surface area contributed by atoms with Gasteiger partial charge in [-0.1, -0.05) is 83.1 Å². The van der Waals surface area contributed by atoms with Crippen LogP contribution in [0.25, 0.3) is 22.3 Å². The van der Waals surface area contributed by atoms with Crippen LogP contribution in [-0.4, -0.2) is 20.4 Å². The van der Waals surface area contributed by atoms with Gasteiger partial charge in [-0.25, -0.2) is 0 Å². The van der Waals surface area contributed by atoms with Crippen LogP contribution in [0.4, 0.5) is 0 Å². The number of rotatable bonds is 2. The topological polar surface area (TPSA) is 80.9 Å². The Labute approximate surface area is 241 Å². The second kappa shape index (κ2) is 9.75. The van der Waals surface area contributed by atoms with E-state index >= 15 is 0 Å². The highest BCUT2D eigenvalue weighted by molar-refractivity contribution is 5.89. The van der Waals surface area contributed by atoms with Crippen molar-refractivity contribution in [1.82, 2.24) is 0 Å². The third-order valence-corrected chi connectivity index (χ3v) is 7.96. The molecule has 0 aliphatic rings. The second-order valence-corrected chi connectivity index (χ2v) is 15.5. The van der Waals surface area contributed by atoms with E-state index in [1.165, 1.54) is 0 Å². The zero-order valence-electron chi connectivity index (χ0n) is 27.1. The molecule has 0 saturated heterocycles. The first-order valence-corrected chi connectivity index (χ1v) is 14.2. The van der Waals surface area contributed by atoms with E-state index in [1.807, 2.05) is 31.2 Å². The average molecular weight is 547 g/mol. The zero-order chi connectivity index (χ0) is 30.9. The van der Waals surface area contributed by atoms with E-state index in [9.17, 15) is 20.4 Å². The summed E-state index contributed by atoms with van der Waals surface area (Å²) in [5.74, 6) is 0.602. The maximum absolute atomic E-state index is 11.5. The number of hydrogen-bond acceptors (Lipinski definition) is 4. The molecule has 0 amide bonds. The molecule has 4 N–H and O–H groups in total. The van der Waals surface area contributed by atoms with Crippen LogP contribution in [0.5, 0.6) is 23.0 Å². The molecule has 0 fully saturated rings. The summed E-state index contributed by atoms with van der Waals surface area (Å²) in [6.45, 7) is 28.4. The summed E-state index contributed by atoms with van der Waals surface area (Å²) < 4.78 is 0. The summed E-state index contributed by atoms with van der Waals surface area (Å²) in [5.41, 5.74) is 5.83. The average Bonchev–Trinajstić information content (AvgIpc) is 2.76. The van der Waals surface area contributed by atoms with Crippen molar-refractivity contribution < 1.29 is 20.4 Å². The Morgan fingerprint density at radius 3 is 0.800 bits per heavy atom. The van der Waals surface area contributed by atoms with Gasteiger partial charge < -0.3 is 20.4 Å². The summed E-state index contributed by atoms with van der Waals surface area (Å²) >= 11 is 0. The quantitative estimate of drug-likeness (QED) is 0.258. The molecule has 218 valence electrons. The minimum absolute atomic E-state index is 0.0232. The van der Waals surface area contributed by atoms with Crippen LogP contribution < -0.4 is 0 Å². The second-order valence-electron chi connectivity index (χ2n) is 15.5. The van der Waals surface area contributed by atoms with E-state index in [-0.39, 0.29) is 44.7 Å². The lowest BCUT2D eigenvalue weighted by Gasteiger charge is -2.30. The number of phenols is 4. The van der Waals surface area contributed by atoms with Crippen molar-refractivity contribution in [3.63, 3.8) is 0 Å².